The van der Waals surface area contributed by atoms with E-state index in [1.165, 1.54) is 16.7 Å². The number of phenols is 1. The predicted octanol–water partition coefficient (Wildman–Crippen LogP) is 3.81. The second-order valence-electron chi connectivity index (χ2n) is 9.63. The predicted molar refractivity (Wildman–Crippen MR) is 128 cm³/mol. The summed E-state index contributed by atoms with van der Waals surface area (Å²) in [6, 6.07) is 14.1. The third kappa shape index (κ3) is 4.46. The number of imide groups is 1. The van der Waals surface area contributed by atoms with E-state index in [4.69, 9.17) is 4.74 Å². The number of nitrogens with one attached hydrogen (secondary N) is 1. The summed E-state index contributed by atoms with van der Waals surface area (Å²) in [7, 11) is -1.30. The van der Waals surface area contributed by atoms with Crippen molar-refractivity contribution >= 4 is 30.8 Å². The van der Waals surface area contributed by atoms with Crippen LogP contribution in [0, 0.1) is 0 Å². The minimum Gasteiger partial charge on any atom is -0.508 e. The number of aromatic nitrogens is 1. The van der Waals surface area contributed by atoms with Gasteiger partial charge in [-0.2, -0.15) is 0 Å². The maximum absolute atomic E-state index is 13.7. The van der Waals surface area contributed by atoms with Crippen molar-refractivity contribution in [1.29, 1.82) is 0 Å². The lowest BCUT2D eigenvalue weighted by atomic mass is 9.89. The molecule has 2 aromatic carbocycles. The van der Waals surface area contributed by atoms with Gasteiger partial charge in [-0.05, 0) is 29.8 Å². The van der Waals surface area contributed by atoms with Gasteiger partial charge in [0.05, 0.1) is 6.54 Å². The summed E-state index contributed by atoms with van der Waals surface area (Å²) in [5.41, 5.74) is -0.803. The van der Waals surface area contributed by atoms with Crippen molar-refractivity contribution in [2.24, 2.45) is 0 Å². The van der Waals surface area contributed by atoms with E-state index >= 15 is 0 Å². The molecular formula is C24H29N3O5Si. The van der Waals surface area contributed by atoms with Gasteiger partial charge < -0.3 is 24.8 Å². The largest absolute Gasteiger partial charge is 0.508 e. The van der Waals surface area contributed by atoms with Crippen molar-refractivity contribution in [2.45, 2.75) is 37.8 Å². The minimum absolute atomic E-state index is 0.0196. The first-order valence-electron chi connectivity index (χ1n) is 10.9. The standard InChI is InChI=1S/C24H29N3O5Si/c1-33(2,3)12-11-32-16-27-22(30)24(25-23(27)31,18-7-5-4-6-8-18)15-26-14-17-9-10-19(28)13-20(17)21(26)29/h4-10,13-14,28-29H,11-12,15-16H2,1-3H3,(H,25,31). The van der Waals surface area contributed by atoms with Gasteiger partial charge in [0, 0.05) is 31.7 Å². The van der Waals surface area contributed by atoms with Crippen molar-refractivity contribution in [3.8, 4) is 11.6 Å². The molecule has 1 saturated heterocycles. The Labute approximate surface area is 193 Å². The maximum Gasteiger partial charge on any atom is 0.327 e. The topological polar surface area (TPSA) is 104 Å². The summed E-state index contributed by atoms with van der Waals surface area (Å²) >= 11 is 0. The zero-order chi connectivity index (χ0) is 23.8. The van der Waals surface area contributed by atoms with Crippen LogP contribution in [0.2, 0.25) is 25.7 Å². The van der Waals surface area contributed by atoms with Crippen LogP contribution < -0.4 is 5.32 Å². The summed E-state index contributed by atoms with van der Waals surface area (Å²) in [5, 5.41) is 24.6. The molecular weight excluding hydrogens is 438 g/mol. The van der Waals surface area contributed by atoms with E-state index in [2.05, 4.69) is 25.0 Å². The molecule has 9 heteroatoms. The summed E-state index contributed by atoms with van der Waals surface area (Å²) in [6.45, 7) is 7.04. The molecule has 33 heavy (non-hydrogen) atoms. The van der Waals surface area contributed by atoms with Gasteiger partial charge in [-0.15, -0.1) is 0 Å². The molecule has 174 valence electrons. The van der Waals surface area contributed by atoms with Crippen LogP contribution in [-0.2, 0) is 21.6 Å². The molecule has 3 amide bonds. The summed E-state index contributed by atoms with van der Waals surface area (Å²) in [4.78, 5) is 27.6. The van der Waals surface area contributed by atoms with Crippen LogP contribution in [0.3, 0.4) is 0 Å². The minimum atomic E-state index is -1.41. The number of nitrogens with zero attached hydrogens (tertiary/aromatic N) is 2. The normalized spacial score (nSPS) is 18.8. The molecule has 0 bridgehead atoms. The number of amides is 3. The van der Waals surface area contributed by atoms with Gasteiger partial charge in [-0.25, -0.2) is 9.69 Å². The fraction of sp³-hybridized carbons (Fsp3) is 0.333. The highest BCUT2D eigenvalue weighted by molar-refractivity contribution is 6.76. The van der Waals surface area contributed by atoms with Gasteiger partial charge in [-0.1, -0.05) is 50.0 Å². The van der Waals surface area contributed by atoms with Gasteiger partial charge in [0.1, 0.15) is 12.5 Å². The van der Waals surface area contributed by atoms with E-state index in [-0.39, 0.29) is 24.9 Å². The number of aromatic hydroxyl groups is 2. The number of carbonyl (C=O) groups excluding carboxylic acids is 2. The summed E-state index contributed by atoms with van der Waals surface area (Å²) in [6.07, 6.45) is 1.70. The van der Waals surface area contributed by atoms with Gasteiger partial charge in [-0.3, -0.25) is 4.79 Å². The lowest BCUT2D eigenvalue weighted by molar-refractivity contribution is -0.135. The molecule has 1 aliphatic rings. The molecule has 2 heterocycles. The van der Waals surface area contributed by atoms with Crippen LogP contribution in [0.25, 0.3) is 10.8 Å². The van der Waals surface area contributed by atoms with Crippen LogP contribution in [0.15, 0.2) is 54.7 Å². The van der Waals surface area contributed by atoms with E-state index in [0.29, 0.717) is 22.9 Å². The Morgan fingerprint density at radius 2 is 1.79 bits per heavy atom. The first kappa shape index (κ1) is 22.9. The monoisotopic (exact) mass is 467 g/mol. The number of phenolic OH excluding ortho intramolecular Hbond substituents is 1. The maximum atomic E-state index is 13.7. The summed E-state index contributed by atoms with van der Waals surface area (Å²) in [5.74, 6) is -0.505. The Morgan fingerprint density at radius 1 is 1.06 bits per heavy atom. The molecule has 8 nitrogen and oxygen atoms in total. The second-order valence-corrected chi connectivity index (χ2v) is 15.3. The smallest absolute Gasteiger partial charge is 0.327 e. The molecule has 0 radical (unpaired) electrons. The molecule has 0 saturated carbocycles. The first-order chi connectivity index (χ1) is 15.6. The Morgan fingerprint density at radius 3 is 2.48 bits per heavy atom. The molecule has 3 aromatic rings. The van der Waals surface area contributed by atoms with Gasteiger partial charge in [0.2, 0.25) is 0 Å². The third-order valence-electron chi connectivity index (χ3n) is 5.91. The Bertz CT molecular complexity index is 1190. The van der Waals surface area contributed by atoms with Gasteiger partial charge in [0.15, 0.2) is 11.4 Å². The van der Waals surface area contributed by atoms with E-state index < -0.39 is 25.6 Å². The van der Waals surface area contributed by atoms with Crippen molar-refractivity contribution < 1.29 is 24.5 Å². The SMILES string of the molecule is C[Si](C)(C)CCOCN1C(=O)NC(Cn2cc3ccc(O)cc3c2O)(c2ccccc2)C1=O. The fourth-order valence-corrected chi connectivity index (χ4v) is 4.76. The number of fused-ring (bicyclic) bond motifs is 1. The van der Waals surface area contributed by atoms with Crippen molar-refractivity contribution in [2.75, 3.05) is 13.3 Å². The second kappa shape index (κ2) is 8.57. The average molecular weight is 468 g/mol. The average Bonchev–Trinajstić information content (AvgIpc) is 3.19. The lowest BCUT2D eigenvalue weighted by Crippen LogP contribution is -2.47. The van der Waals surface area contributed by atoms with E-state index in [9.17, 15) is 19.8 Å². The van der Waals surface area contributed by atoms with Crippen molar-refractivity contribution in [3.63, 3.8) is 0 Å². The number of rotatable bonds is 8. The number of hydrogen-bond acceptors (Lipinski definition) is 5. The molecule has 1 atom stereocenters. The van der Waals surface area contributed by atoms with Crippen LogP contribution in [0.1, 0.15) is 5.56 Å². The van der Waals surface area contributed by atoms with E-state index in [1.807, 2.05) is 6.07 Å². The van der Waals surface area contributed by atoms with Crippen LogP contribution in [-0.4, -0.2) is 53.0 Å². The summed E-state index contributed by atoms with van der Waals surface area (Å²) < 4.78 is 7.21. The van der Waals surface area contributed by atoms with Crippen LogP contribution in [0.5, 0.6) is 11.6 Å². The first-order valence-corrected chi connectivity index (χ1v) is 14.6. The van der Waals surface area contributed by atoms with Gasteiger partial charge >= 0.3 is 6.03 Å². The number of benzene rings is 2. The van der Waals surface area contributed by atoms with Crippen molar-refractivity contribution in [3.05, 3.63) is 60.3 Å². The molecule has 1 unspecified atom stereocenters. The number of hydrogen-bond donors (Lipinski definition) is 3. The number of urea groups is 1. The highest BCUT2D eigenvalue weighted by atomic mass is 28.3. The van der Waals surface area contributed by atoms with Crippen molar-refractivity contribution in [1.82, 2.24) is 14.8 Å². The highest BCUT2D eigenvalue weighted by Gasteiger charge is 2.53. The van der Waals surface area contributed by atoms with Gasteiger partial charge in [0.25, 0.3) is 5.91 Å². The Kier molecular flexibility index (Phi) is 5.94. The zero-order valence-electron chi connectivity index (χ0n) is 19.0. The molecule has 0 spiro atoms. The Balaban J connectivity index is 1.66. The molecule has 0 aliphatic carbocycles. The molecule has 1 aromatic heterocycles. The van der Waals surface area contributed by atoms with Crippen LogP contribution in [0.4, 0.5) is 4.79 Å². The third-order valence-corrected chi connectivity index (χ3v) is 7.62. The van der Waals surface area contributed by atoms with E-state index in [1.54, 1.807) is 36.5 Å². The fourth-order valence-electron chi connectivity index (χ4n) is 4.00. The lowest BCUT2D eigenvalue weighted by Gasteiger charge is -2.28. The molecule has 1 aliphatic heterocycles. The van der Waals surface area contributed by atoms with E-state index in [0.717, 1.165) is 10.9 Å². The molecule has 3 N–H and O–H groups in total. The quantitative estimate of drug-likeness (QED) is 0.265. The highest BCUT2D eigenvalue weighted by Crippen LogP contribution is 2.36. The van der Waals surface area contributed by atoms with Crippen LogP contribution >= 0.6 is 0 Å². The number of carbonyl (C=O) groups is 2. The molecule has 1 fully saturated rings. The number of ether oxygens (including phenoxy) is 1. The Hall–Kier alpha value is -3.30. The zero-order valence-corrected chi connectivity index (χ0v) is 20.0. The molecule has 4 rings (SSSR count).